The van der Waals surface area contributed by atoms with Crippen molar-refractivity contribution in [1.82, 2.24) is 0 Å². The lowest BCUT2D eigenvalue weighted by Gasteiger charge is -2.20. The zero-order valence-electron chi connectivity index (χ0n) is 11.1. The average molecular weight is 224 g/mol. The second-order valence-electron chi connectivity index (χ2n) is 5.99. The summed E-state index contributed by atoms with van der Waals surface area (Å²) in [6, 6.07) is 2.42. The van der Waals surface area contributed by atoms with E-state index in [1.165, 1.54) is 4.88 Å². The maximum absolute atomic E-state index is 2.42. The van der Waals surface area contributed by atoms with Gasteiger partial charge in [-0.15, -0.1) is 11.3 Å². The fourth-order valence-electron chi connectivity index (χ4n) is 1.72. The molecule has 0 N–H and O–H groups in total. The highest BCUT2D eigenvalue weighted by atomic mass is 32.1. The van der Waals surface area contributed by atoms with Gasteiger partial charge in [0.05, 0.1) is 0 Å². The van der Waals surface area contributed by atoms with Crippen molar-refractivity contribution in [3.05, 3.63) is 21.4 Å². The van der Waals surface area contributed by atoms with Gasteiger partial charge in [-0.2, -0.15) is 0 Å². The molecule has 15 heavy (non-hydrogen) atoms. The lowest BCUT2D eigenvalue weighted by molar-refractivity contribution is 0.592. The molecule has 1 aromatic heterocycles. The Morgan fingerprint density at radius 3 is 1.80 bits per heavy atom. The predicted molar refractivity (Wildman–Crippen MR) is 71.2 cm³/mol. The van der Waals surface area contributed by atoms with Crippen LogP contribution in [0.3, 0.4) is 0 Å². The van der Waals surface area contributed by atoms with Crippen molar-refractivity contribution < 1.29 is 0 Å². The number of rotatable bonds is 2. The van der Waals surface area contributed by atoms with E-state index in [1.54, 1.807) is 10.4 Å². The molecule has 1 aromatic rings. The molecule has 1 heteroatoms. The van der Waals surface area contributed by atoms with Crippen LogP contribution in [-0.4, -0.2) is 0 Å². The molecule has 1 heterocycles. The van der Waals surface area contributed by atoms with Crippen LogP contribution in [0.15, 0.2) is 6.07 Å². The standard InChI is InChI=1S/C14H24S/c1-9(2)11-8-12(10(3)4)15-13(11)14(5,6)7/h8-10H,1-7H3. The van der Waals surface area contributed by atoms with Crippen LogP contribution in [0.4, 0.5) is 0 Å². The highest BCUT2D eigenvalue weighted by molar-refractivity contribution is 7.12. The van der Waals surface area contributed by atoms with Gasteiger partial charge in [0.25, 0.3) is 0 Å². The first-order valence-electron chi connectivity index (χ1n) is 5.87. The highest BCUT2D eigenvalue weighted by Crippen LogP contribution is 2.39. The van der Waals surface area contributed by atoms with Crippen molar-refractivity contribution in [3.63, 3.8) is 0 Å². The molecule has 0 saturated heterocycles. The van der Waals surface area contributed by atoms with Crippen LogP contribution in [0, 0.1) is 0 Å². The molecule has 86 valence electrons. The molecule has 0 unspecified atom stereocenters. The molecule has 1 rings (SSSR count). The Balaban J connectivity index is 3.24. The molecule has 0 aliphatic heterocycles. The van der Waals surface area contributed by atoms with Crippen LogP contribution in [0.5, 0.6) is 0 Å². The Kier molecular flexibility index (Phi) is 3.65. The van der Waals surface area contributed by atoms with E-state index < -0.39 is 0 Å². The summed E-state index contributed by atoms with van der Waals surface area (Å²) in [5.74, 6) is 1.30. The van der Waals surface area contributed by atoms with Crippen molar-refractivity contribution in [2.75, 3.05) is 0 Å². The highest BCUT2D eigenvalue weighted by Gasteiger charge is 2.23. The molecule has 0 saturated carbocycles. The second-order valence-corrected chi connectivity index (χ2v) is 7.08. The first-order chi connectivity index (χ1) is 6.73. The molecule has 0 aromatic carbocycles. The van der Waals surface area contributed by atoms with Crippen LogP contribution in [-0.2, 0) is 5.41 Å². The van der Waals surface area contributed by atoms with E-state index in [-0.39, 0.29) is 5.41 Å². The maximum Gasteiger partial charge on any atom is 0.0136 e. The van der Waals surface area contributed by atoms with Gasteiger partial charge in [-0.3, -0.25) is 0 Å². The number of thiophene rings is 1. The van der Waals surface area contributed by atoms with E-state index in [2.05, 4.69) is 54.5 Å². The summed E-state index contributed by atoms with van der Waals surface area (Å²) in [7, 11) is 0. The van der Waals surface area contributed by atoms with Gasteiger partial charge in [-0.25, -0.2) is 0 Å². The fraction of sp³-hybridized carbons (Fsp3) is 0.714. The number of hydrogen-bond acceptors (Lipinski definition) is 1. The van der Waals surface area contributed by atoms with Gasteiger partial charge in [0.1, 0.15) is 0 Å². The van der Waals surface area contributed by atoms with E-state index in [4.69, 9.17) is 0 Å². The molecule has 0 nitrogen and oxygen atoms in total. The van der Waals surface area contributed by atoms with E-state index in [0.717, 1.165) is 0 Å². The summed E-state index contributed by atoms with van der Waals surface area (Å²) in [6.07, 6.45) is 0. The number of hydrogen-bond donors (Lipinski definition) is 0. The maximum atomic E-state index is 2.42. The fourth-order valence-corrected chi connectivity index (χ4v) is 3.10. The van der Waals surface area contributed by atoms with Gasteiger partial charge >= 0.3 is 0 Å². The summed E-state index contributed by atoms with van der Waals surface area (Å²) in [5, 5.41) is 0. The Morgan fingerprint density at radius 1 is 1.00 bits per heavy atom. The van der Waals surface area contributed by atoms with Gasteiger partial charge in [0, 0.05) is 9.75 Å². The first-order valence-corrected chi connectivity index (χ1v) is 6.69. The molecule has 0 aliphatic carbocycles. The topological polar surface area (TPSA) is 0 Å². The molecular formula is C14H24S. The monoisotopic (exact) mass is 224 g/mol. The van der Waals surface area contributed by atoms with Crippen LogP contribution >= 0.6 is 11.3 Å². The largest absolute Gasteiger partial charge is 0.144 e. The quantitative estimate of drug-likeness (QED) is 0.640. The summed E-state index contributed by atoms with van der Waals surface area (Å²) in [6.45, 7) is 16.1. The van der Waals surface area contributed by atoms with Gasteiger partial charge in [0.15, 0.2) is 0 Å². The molecular weight excluding hydrogens is 200 g/mol. The van der Waals surface area contributed by atoms with Crippen molar-refractivity contribution in [1.29, 1.82) is 0 Å². The van der Waals surface area contributed by atoms with Gasteiger partial charge in [0.2, 0.25) is 0 Å². The Labute approximate surface area is 98.7 Å². The van der Waals surface area contributed by atoms with Crippen molar-refractivity contribution in [3.8, 4) is 0 Å². The van der Waals surface area contributed by atoms with Crippen molar-refractivity contribution in [2.24, 2.45) is 0 Å². The smallest absolute Gasteiger partial charge is 0.0136 e. The van der Waals surface area contributed by atoms with Crippen LogP contribution in [0.25, 0.3) is 0 Å². The third-order valence-corrected chi connectivity index (χ3v) is 4.53. The first kappa shape index (κ1) is 12.8. The van der Waals surface area contributed by atoms with Gasteiger partial charge in [-0.1, -0.05) is 48.5 Å². The zero-order valence-corrected chi connectivity index (χ0v) is 12.0. The average Bonchev–Trinajstić information content (AvgIpc) is 2.45. The van der Waals surface area contributed by atoms with Crippen LogP contribution in [0.2, 0.25) is 0 Å². The Bertz CT molecular complexity index is 324. The molecule has 0 atom stereocenters. The summed E-state index contributed by atoms with van der Waals surface area (Å²) >= 11 is 2.00. The Morgan fingerprint density at radius 2 is 1.53 bits per heavy atom. The van der Waals surface area contributed by atoms with Gasteiger partial charge < -0.3 is 0 Å². The van der Waals surface area contributed by atoms with Gasteiger partial charge in [-0.05, 0) is 28.9 Å². The minimum Gasteiger partial charge on any atom is -0.144 e. The van der Waals surface area contributed by atoms with E-state index >= 15 is 0 Å². The summed E-state index contributed by atoms with van der Waals surface area (Å²) < 4.78 is 0. The second kappa shape index (κ2) is 4.29. The molecule has 0 spiro atoms. The van der Waals surface area contributed by atoms with Crippen molar-refractivity contribution in [2.45, 2.75) is 65.7 Å². The molecule has 0 fully saturated rings. The minimum atomic E-state index is 0.289. The molecule has 0 bridgehead atoms. The molecule has 0 aliphatic rings. The van der Waals surface area contributed by atoms with E-state index in [0.29, 0.717) is 11.8 Å². The SMILES string of the molecule is CC(C)c1cc(C(C)C)c(C(C)(C)C)s1. The third kappa shape index (κ3) is 2.84. The zero-order chi connectivity index (χ0) is 11.8. The third-order valence-electron chi connectivity index (χ3n) is 2.65. The minimum absolute atomic E-state index is 0.289. The van der Waals surface area contributed by atoms with Crippen LogP contribution in [0.1, 0.15) is 75.6 Å². The van der Waals surface area contributed by atoms with E-state index in [9.17, 15) is 0 Å². The molecule has 0 radical (unpaired) electrons. The van der Waals surface area contributed by atoms with Crippen molar-refractivity contribution >= 4 is 11.3 Å². The normalized spacial score (nSPS) is 12.9. The lowest BCUT2D eigenvalue weighted by atomic mass is 9.88. The predicted octanol–water partition coefficient (Wildman–Crippen LogP) is 5.29. The summed E-state index contributed by atoms with van der Waals surface area (Å²) in [4.78, 5) is 3.10. The van der Waals surface area contributed by atoms with Crippen LogP contribution < -0.4 is 0 Å². The Hall–Kier alpha value is -0.300. The molecule has 0 amide bonds. The van der Waals surface area contributed by atoms with E-state index in [1.807, 2.05) is 11.3 Å². The lowest BCUT2D eigenvalue weighted by Crippen LogP contribution is -2.11. The summed E-state index contributed by atoms with van der Waals surface area (Å²) in [5.41, 5.74) is 1.84.